The summed E-state index contributed by atoms with van der Waals surface area (Å²) in [6, 6.07) is 0.710. The summed E-state index contributed by atoms with van der Waals surface area (Å²) in [6.45, 7) is 8.71. The number of anilines is 1. The zero-order valence-electron chi connectivity index (χ0n) is 17.4. The van der Waals surface area contributed by atoms with Gasteiger partial charge in [0.25, 0.3) is 5.91 Å². The first-order valence-corrected chi connectivity index (χ1v) is 9.79. The van der Waals surface area contributed by atoms with Gasteiger partial charge >= 0.3 is 0 Å². The molecule has 3 rings (SSSR count). The first-order chi connectivity index (χ1) is 13.4. The van der Waals surface area contributed by atoms with Gasteiger partial charge in [-0.05, 0) is 26.7 Å². The highest BCUT2D eigenvalue weighted by atomic mass is 16.2. The van der Waals surface area contributed by atoms with Crippen LogP contribution < -0.4 is 10.2 Å². The Bertz CT molecular complexity index is 805. The van der Waals surface area contributed by atoms with Crippen molar-refractivity contribution in [3.05, 3.63) is 29.7 Å². The third-order valence-electron chi connectivity index (χ3n) is 5.29. The second-order valence-electron chi connectivity index (χ2n) is 7.60. The number of carbonyl (C=O) groups excluding carboxylic acids is 1. The molecule has 3 heterocycles. The molecular formula is C19H30N8O. The van der Waals surface area contributed by atoms with E-state index in [9.17, 15) is 4.79 Å². The van der Waals surface area contributed by atoms with E-state index in [1.165, 1.54) is 4.90 Å². The van der Waals surface area contributed by atoms with Crippen molar-refractivity contribution in [3.63, 3.8) is 0 Å². The number of amides is 1. The lowest BCUT2D eigenvalue weighted by Crippen LogP contribution is -2.42. The highest BCUT2D eigenvalue weighted by Crippen LogP contribution is 2.24. The van der Waals surface area contributed by atoms with Crippen LogP contribution in [0.15, 0.2) is 12.7 Å². The molecule has 1 N–H and O–H groups in total. The minimum absolute atomic E-state index is 0.169. The number of rotatable bonds is 7. The fraction of sp³-hybridized carbons (Fsp3) is 0.632. The largest absolute Gasteiger partial charge is 0.355 e. The van der Waals surface area contributed by atoms with Crippen molar-refractivity contribution in [1.82, 2.24) is 34.9 Å². The molecule has 1 aliphatic rings. The van der Waals surface area contributed by atoms with E-state index in [2.05, 4.69) is 37.2 Å². The highest BCUT2D eigenvalue weighted by Gasteiger charge is 2.28. The standard InChI is InChI=1S/C19H30N8O/c1-6-15(10-27-12-20-11-21-27)23-16-7-8-26(9-16)18-13(2)14(3)22-17(24-18)19(28)25(4)5/h11-12,15-16,23H,6-10H2,1-5H3/t15?,16-/m1/s1. The van der Waals surface area contributed by atoms with Crippen molar-refractivity contribution in [2.45, 2.75) is 52.2 Å². The maximum atomic E-state index is 12.3. The van der Waals surface area contributed by atoms with Gasteiger partial charge in [-0.2, -0.15) is 5.10 Å². The predicted octanol–water partition coefficient (Wildman–Crippen LogP) is 1.03. The Labute approximate surface area is 166 Å². The number of hydrogen-bond acceptors (Lipinski definition) is 7. The smallest absolute Gasteiger partial charge is 0.291 e. The topological polar surface area (TPSA) is 92.1 Å². The Balaban J connectivity index is 1.70. The van der Waals surface area contributed by atoms with E-state index in [0.717, 1.165) is 49.6 Å². The van der Waals surface area contributed by atoms with Crippen LogP contribution in [0.1, 0.15) is 41.6 Å². The van der Waals surface area contributed by atoms with Crippen LogP contribution in [-0.4, -0.2) is 74.8 Å². The molecule has 9 heteroatoms. The van der Waals surface area contributed by atoms with Crippen LogP contribution in [0, 0.1) is 13.8 Å². The fourth-order valence-electron chi connectivity index (χ4n) is 3.49. The van der Waals surface area contributed by atoms with Gasteiger partial charge in [0.2, 0.25) is 5.82 Å². The van der Waals surface area contributed by atoms with Gasteiger partial charge in [0.1, 0.15) is 18.5 Å². The third kappa shape index (κ3) is 4.46. The van der Waals surface area contributed by atoms with Gasteiger partial charge in [0.05, 0.1) is 6.54 Å². The summed E-state index contributed by atoms with van der Waals surface area (Å²) in [5.74, 6) is 0.959. The van der Waals surface area contributed by atoms with Gasteiger partial charge in [-0.1, -0.05) is 6.92 Å². The lowest BCUT2D eigenvalue weighted by atomic mass is 10.1. The minimum Gasteiger partial charge on any atom is -0.355 e. The normalized spacial score (nSPS) is 17.8. The maximum Gasteiger partial charge on any atom is 0.291 e. The number of aryl methyl sites for hydroxylation is 1. The van der Waals surface area contributed by atoms with E-state index in [0.29, 0.717) is 12.1 Å². The molecule has 1 unspecified atom stereocenters. The van der Waals surface area contributed by atoms with Crippen molar-refractivity contribution < 1.29 is 4.79 Å². The van der Waals surface area contributed by atoms with Gasteiger partial charge < -0.3 is 15.1 Å². The molecule has 0 bridgehead atoms. The molecule has 0 aliphatic carbocycles. The molecule has 2 aromatic heterocycles. The summed E-state index contributed by atoms with van der Waals surface area (Å²) in [7, 11) is 3.44. The van der Waals surface area contributed by atoms with Crippen LogP contribution in [0.25, 0.3) is 0 Å². The molecule has 1 fully saturated rings. The predicted molar refractivity (Wildman–Crippen MR) is 107 cm³/mol. The van der Waals surface area contributed by atoms with Crippen molar-refractivity contribution >= 4 is 11.7 Å². The molecule has 1 saturated heterocycles. The minimum atomic E-state index is -0.169. The van der Waals surface area contributed by atoms with Crippen molar-refractivity contribution in [1.29, 1.82) is 0 Å². The molecule has 0 aromatic carbocycles. The molecule has 0 radical (unpaired) electrons. The van der Waals surface area contributed by atoms with Crippen LogP contribution >= 0.6 is 0 Å². The summed E-state index contributed by atoms with van der Waals surface area (Å²) >= 11 is 0. The van der Waals surface area contributed by atoms with Crippen molar-refractivity contribution in [2.75, 3.05) is 32.1 Å². The summed E-state index contributed by atoms with van der Waals surface area (Å²) in [5.41, 5.74) is 1.88. The Hall–Kier alpha value is -2.55. The number of aromatic nitrogens is 5. The molecule has 0 spiro atoms. The SMILES string of the molecule is CCC(Cn1cncn1)N[C@@H]1CCN(c2nc(C(=O)N(C)C)nc(C)c2C)C1. The second-order valence-corrected chi connectivity index (χ2v) is 7.60. The summed E-state index contributed by atoms with van der Waals surface area (Å²) in [6.07, 6.45) is 5.37. The zero-order chi connectivity index (χ0) is 20.3. The fourth-order valence-corrected chi connectivity index (χ4v) is 3.49. The quantitative estimate of drug-likeness (QED) is 0.760. The highest BCUT2D eigenvalue weighted by molar-refractivity contribution is 5.90. The molecular weight excluding hydrogens is 356 g/mol. The molecule has 1 aliphatic heterocycles. The lowest BCUT2D eigenvalue weighted by Gasteiger charge is -2.24. The molecule has 28 heavy (non-hydrogen) atoms. The number of nitrogens with zero attached hydrogens (tertiary/aromatic N) is 7. The second kappa shape index (κ2) is 8.64. The first kappa shape index (κ1) is 20.2. The Morgan fingerprint density at radius 2 is 2.14 bits per heavy atom. The molecule has 9 nitrogen and oxygen atoms in total. The third-order valence-corrected chi connectivity index (χ3v) is 5.29. The summed E-state index contributed by atoms with van der Waals surface area (Å²) in [4.78, 5) is 29.1. The van der Waals surface area contributed by atoms with E-state index >= 15 is 0 Å². The number of nitrogens with one attached hydrogen (secondary N) is 1. The average Bonchev–Trinajstić information content (AvgIpc) is 3.34. The van der Waals surface area contributed by atoms with Gasteiger partial charge in [0.15, 0.2) is 0 Å². The van der Waals surface area contributed by atoms with E-state index in [-0.39, 0.29) is 11.7 Å². The van der Waals surface area contributed by atoms with Gasteiger partial charge in [-0.25, -0.2) is 15.0 Å². The molecule has 152 valence electrons. The first-order valence-electron chi connectivity index (χ1n) is 9.79. The Morgan fingerprint density at radius 3 is 2.79 bits per heavy atom. The van der Waals surface area contributed by atoms with Crippen LogP contribution in [0.5, 0.6) is 0 Å². The van der Waals surface area contributed by atoms with Crippen molar-refractivity contribution in [3.8, 4) is 0 Å². The molecule has 1 amide bonds. The number of hydrogen-bond donors (Lipinski definition) is 1. The van der Waals surface area contributed by atoms with Crippen LogP contribution in [0.4, 0.5) is 5.82 Å². The lowest BCUT2D eigenvalue weighted by molar-refractivity contribution is 0.0815. The van der Waals surface area contributed by atoms with E-state index < -0.39 is 0 Å². The van der Waals surface area contributed by atoms with Crippen LogP contribution in [-0.2, 0) is 6.54 Å². The average molecular weight is 387 g/mol. The Kier molecular flexibility index (Phi) is 6.23. The summed E-state index contributed by atoms with van der Waals surface area (Å²) < 4.78 is 1.87. The summed E-state index contributed by atoms with van der Waals surface area (Å²) in [5, 5.41) is 7.95. The number of carbonyl (C=O) groups is 1. The zero-order valence-corrected chi connectivity index (χ0v) is 17.4. The monoisotopic (exact) mass is 386 g/mol. The van der Waals surface area contributed by atoms with Gasteiger partial charge in [-0.3, -0.25) is 9.48 Å². The Morgan fingerprint density at radius 1 is 1.36 bits per heavy atom. The van der Waals surface area contributed by atoms with Gasteiger partial charge in [0, 0.05) is 50.5 Å². The van der Waals surface area contributed by atoms with E-state index in [1.54, 1.807) is 26.7 Å². The van der Waals surface area contributed by atoms with E-state index in [1.807, 2.05) is 18.5 Å². The molecule has 2 atom stereocenters. The molecule has 0 saturated carbocycles. The van der Waals surface area contributed by atoms with Crippen molar-refractivity contribution in [2.24, 2.45) is 0 Å². The van der Waals surface area contributed by atoms with Gasteiger partial charge in [-0.15, -0.1) is 0 Å². The van der Waals surface area contributed by atoms with Crippen LogP contribution in [0.2, 0.25) is 0 Å². The molecule has 2 aromatic rings. The maximum absolute atomic E-state index is 12.3. The van der Waals surface area contributed by atoms with Crippen LogP contribution in [0.3, 0.4) is 0 Å². The van der Waals surface area contributed by atoms with E-state index in [4.69, 9.17) is 0 Å².